The molecule has 3 aromatic rings. The first-order valence-corrected chi connectivity index (χ1v) is 6.21. The van der Waals surface area contributed by atoms with Crippen molar-refractivity contribution in [1.29, 1.82) is 0 Å². The number of halogens is 1. The topological polar surface area (TPSA) is 84.7 Å². The Bertz CT molecular complexity index is 837. The lowest BCUT2D eigenvalue weighted by molar-refractivity contribution is 0.100. The average molecular weight is 282 g/mol. The third kappa shape index (κ3) is 2.51. The fourth-order valence-corrected chi connectivity index (χ4v) is 2.00. The second-order valence-corrected chi connectivity index (χ2v) is 4.44. The number of benzene rings is 1. The van der Waals surface area contributed by atoms with Gasteiger partial charge in [0.2, 0.25) is 0 Å². The van der Waals surface area contributed by atoms with Gasteiger partial charge in [0.25, 0.3) is 5.91 Å². The number of rotatable bonds is 3. The summed E-state index contributed by atoms with van der Waals surface area (Å²) in [5, 5.41) is 6.88. The van der Waals surface area contributed by atoms with E-state index in [0.717, 1.165) is 5.56 Å². The molecule has 0 bridgehead atoms. The van der Waals surface area contributed by atoms with E-state index in [1.165, 1.54) is 24.4 Å². The van der Waals surface area contributed by atoms with Gasteiger partial charge in [-0.3, -0.25) is 14.9 Å². The molecule has 21 heavy (non-hydrogen) atoms. The summed E-state index contributed by atoms with van der Waals surface area (Å²) in [6.07, 6.45) is 5.07. The fraction of sp³-hybridized carbons (Fsp3) is 0. The maximum absolute atomic E-state index is 12.8. The summed E-state index contributed by atoms with van der Waals surface area (Å²) in [7, 11) is 0. The Labute approximate surface area is 119 Å². The van der Waals surface area contributed by atoms with Crippen LogP contribution < -0.4 is 5.73 Å². The molecule has 0 aliphatic rings. The van der Waals surface area contributed by atoms with E-state index in [1.54, 1.807) is 24.3 Å². The molecule has 0 saturated carbocycles. The predicted octanol–water partition coefficient (Wildman–Crippen LogP) is 2.37. The number of nitrogens with one attached hydrogen (secondary N) is 1. The number of amides is 1. The van der Waals surface area contributed by atoms with Gasteiger partial charge in [0.1, 0.15) is 16.9 Å². The SMILES string of the molecule is NC(=O)c1ccnc2c(/C=C/c3ccc(F)cc3)[nH]nc12. The Balaban J connectivity index is 2.00. The largest absolute Gasteiger partial charge is 0.366 e. The number of aromatic nitrogens is 3. The lowest BCUT2D eigenvalue weighted by Gasteiger charge is -1.95. The zero-order valence-electron chi connectivity index (χ0n) is 10.9. The standard InChI is InChI=1S/C15H11FN4O/c16-10-4-1-9(2-5-10)3-6-12-14-13(20-19-12)11(15(17)21)7-8-18-14/h1-8H,(H2,17,21)(H,19,20)/b6-3+. The summed E-state index contributed by atoms with van der Waals surface area (Å²) in [6.45, 7) is 0. The van der Waals surface area contributed by atoms with Crippen molar-refractivity contribution in [2.24, 2.45) is 5.73 Å². The van der Waals surface area contributed by atoms with E-state index in [9.17, 15) is 9.18 Å². The second kappa shape index (κ2) is 5.16. The van der Waals surface area contributed by atoms with E-state index in [2.05, 4.69) is 15.2 Å². The molecule has 2 aromatic heterocycles. The van der Waals surface area contributed by atoms with E-state index in [0.29, 0.717) is 22.3 Å². The van der Waals surface area contributed by atoms with Gasteiger partial charge in [-0.15, -0.1) is 0 Å². The summed E-state index contributed by atoms with van der Waals surface area (Å²) < 4.78 is 12.8. The number of hydrogen-bond donors (Lipinski definition) is 2. The zero-order valence-corrected chi connectivity index (χ0v) is 10.9. The van der Waals surface area contributed by atoms with Crippen molar-refractivity contribution < 1.29 is 9.18 Å². The first-order valence-electron chi connectivity index (χ1n) is 6.21. The summed E-state index contributed by atoms with van der Waals surface area (Å²) in [4.78, 5) is 15.5. The Morgan fingerprint density at radius 1 is 1.14 bits per heavy atom. The summed E-state index contributed by atoms with van der Waals surface area (Å²) in [6, 6.07) is 7.61. The second-order valence-electron chi connectivity index (χ2n) is 4.44. The number of aromatic amines is 1. The van der Waals surface area contributed by atoms with Crippen LogP contribution in [0.15, 0.2) is 36.5 Å². The first-order chi connectivity index (χ1) is 10.1. The van der Waals surface area contributed by atoms with E-state index in [4.69, 9.17) is 5.73 Å². The van der Waals surface area contributed by atoms with Crippen LogP contribution >= 0.6 is 0 Å². The fourth-order valence-electron chi connectivity index (χ4n) is 2.00. The van der Waals surface area contributed by atoms with Gasteiger partial charge in [0.15, 0.2) is 0 Å². The molecule has 6 heteroatoms. The highest BCUT2D eigenvalue weighted by Crippen LogP contribution is 2.19. The third-order valence-electron chi connectivity index (χ3n) is 3.05. The Kier molecular flexibility index (Phi) is 3.19. The Hall–Kier alpha value is -3.02. The van der Waals surface area contributed by atoms with E-state index in [-0.39, 0.29) is 5.82 Å². The predicted molar refractivity (Wildman–Crippen MR) is 77.7 cm³/mol. The van der Waals surface area contributed by atoms with Crippen molar-refractivity contribution in [1.82, 2.24) is 15.2 Å². The number of nitrogens with zero attached hydrogens (tertiary/aromatic N) is 2. The molecule has 0 aliphatic heterocycles. The smallest absolute Gasteiger partial charge is 0.251 e. The number of nitrogens with two attached hydrogens (primary N) is 1. The number of carbonyl (C=O) groups is 1. The van der Waals surface area contributed by atoms with Crippen LogP contribution in [0, 0.1) is 5.82 Å². The minimum Gasteiger partial charge on any atom is -0.366 e. The molecule has 0 atom stereocenters. The highest BCUT2D eigenvalue weighted by Gasteiger charge is 2.12. The number of pyridine rings is 1. The summed E-state index contributed by atoms with van der Waals surface area (Å²) >= 11 is 0. The number of H-pyrrole nitrogens is 1. The van der Waals surface area contributed by atoms with Gasteiger partial charge in [-0.05, 0) is 29.8 Å². The molecule has 3 N–H and O–H groups in total. The molecule has 0 unspecified atom stereocenters. The van der Waals surface area contributed by atoms with Gasteiger partial charge >= 0.3 is 0 Å². The average Bonchev–Trinajstić information content (AvgIpc) is 2.89. The number of carbonyl (C=O) groups excluding carboxylic acids is 1. The van der Waals surface area contributed by atoms with Crippen LogP contribution in [-0.2, 0) is 0 Å². The normalized spacial score (nSPS) is 11.3. The van der Waals surface area contributed by atoms with Crippen molar-refractivity contribution >= 4 is 29.1 Å². The maximum atomic E-state index is 12.8. The highest BCUT2D eigenvalue weighted by atomic mass is 19.1. The lowest BCUT2D eigenvalue weighted by atomic mass is 10.1. The molecular formula is C15H11FN4O. The van der Waals surface area contributed by atoms with Crippen molar-refractivity contribution in [3.63, 3.8) is 0 Å². The molecule has 0 radical (unpaired) electrons. The van der Waals surface area contributed by atoms with Crippen molar-refractivity contribution in [2.75, 3.05) is 0 Å². The lowest BCUT2D eigenvalue weighted by Crippen LogP contribution is -2.11. The molecule has 104 valence electrons. The molecule has 3 rings (SSSR count). The van der Waals surface area contributed by atoms with Crippen molar-refractivity contribution in [2.45, 2.75) is 0 Å². The van der Waals surface area contributed by atoms with Gasteiger partial charge in [-0.1, -0.05) is 18.2 Å². The molecular weight excluding hydrogens is 271 g/mol. The molecule has 0 saturated heterocycles. The molecule has 0 spiro atoms. The first kappa shape index (κ1) is 13.0. The minimum absolute atomic E-state index is 0.285. The quantitative estimate of drug-likeness (QED) is 0.773. The number of fused-ring (bicyclic) bond motifs is 1. The minimum atomic E-state index is -0.553. The van der Waals surface area contributed by atoms with E-state index < -0.39 is 5.91 Å². The van der Waals surface area contributed by atoms with Gasteiger partial charge < -0.3 is 5.73 Å². The summed E-state index contributed by atoms with van der Waals surface area (Å²) in [5.41, 5.74) is 8.09. The van der Waals surface area contributed by atoms with Crippen molar-refractivity contribution in [3.05, 3.63) is 59.2 Å². The maximum Gasteiger partial charge on any atom is 0.251 e. The Morgan fingerprint density at radius 2 is 1.90 bits per heavy atom. The van der Waals surface area contributed by atoms with Gasteiger partial charge in [0.05, 0.1) is 11.3 Å². The summed E-state index contributed by atoms with van der Waals surface area (Å²) in [5.74, 6) is -0.838. The van der Waals surface area contributed by atoms with E-state index >= 15 is 0 Å². The van der Waals surface area contributed by atoms with Crippen LogP contribution in [0.25, 0.3) is 23.2 Å². The van der Waals surface area contributed by atoms with Gasteiger partial charge in [-0.25, -0.2) is 4.39 Å². The molecule has 1 amide bonds. The van der Waals surface area contributed by atoms with Crippen LogP contribution in [0.1, 0.15) is 21.6 Å². The molecule has 0 aliphatic carbocycles. The Morgan fingerprint density at radius 3 is 2.62 bits per heavy atom. The monoisotopic (exact) mass is 282 g/mol. The van der Waals surface area contributed by atoms with Crippen molar-refractivity contribution in [3.8, 4) is 0 Å². The van der Waals surface area contributed by atoms with Crippen LogP contribution in [0.3, 0.4) is 0 Å². The van der Waals surface area contributed by atoms with Crippen LogP contribution in [0.4, 0.5) is 4.39 Å². The molecule has 0 fully saturated rings. The van der Waals surface area contributed by atoms with Gasteiger partial charge in [0, 0.05) is 6.20 Å². The molecule has 5 nitrogen and oxygen atoms in total. The third-order valence-corrected chi connectivity index (χ3v) is 3.05. The van der Waals surface area contributed by atoms with Gasteiger partial charge in [-0.2, -0.15) is 5.10 Å². The van der Waals surface area contributed by atoms with Crippen LogP contribution in [-0.4, -0.2) is 21.1 Å². The molecule has 2 heterocycles. The molecule has 1 aromatic carbocycles. The zero-order chi connectivity index (χ0) is 14.8. The highest BCUT2D eigenvalue weighted by molar-refractivity contribution is 6.05. The number of primary amides is 1. The van der Waals surface area contributed by atoms with Crippen LogP contribution in [0.2, 0.25) is 0 Å². The number of hydrogen-bond acceptors (Lipinski definition) is 3. The van der Waals surface area contributed by atoms with E-state index in [1.807, 2.05) is 0 Å². The van der Waals surface area contributed by atoms with Crippen LogP contribution in [0.5, 0.6) is 0 Å².